The highest BCUT2D eigenvalue weighted by Crippen LogP contribution is 2.12. The van der Waals surface area contributed by atoms with Crippen LogP contribution in [0.5, 0.6) is 0 Å². The van der Waals surface area contributed by atoms with E-state index in [0.29, 0.717) is 6.04 Å². The molecule has 16 heavy (non-hydrogen) atoms. The van der Waals surface area contributed by atoms with Crippen LogP contribution in [0, 0.1) is 0 Å². The van der Waals surface area contributed by atoms with Gasteiger partial charge in [0.1, 0.15) is 0 Å². The maximum absolute atomic E-state index is 4.02. The third-order valence-corrected chi connectivity index (χ3v) is 2.88. The van der Waals surface area contributed by atoms with Crippen molar-refractivity contribution in [2.24, 2.45) is 0 Å². The van der Waals surface area contributed by atoms with E-state index >= 15 is 0 Å². The number of benzene rings is 1. The van der Waals surface area contributed by atoms with E-state index in [0.717, 1.165) is 12.1 Å². The second-order valence-corrected chi connectivity index (χ2v) is 4.36. The molecule has 0 radical (unpaired) electrons. The monoisotopic (exact) mass is 217 g/mol. The predicted octanol–water partition coefficient (Wildman–Crippen LogP) is 2.84. The Bertz CT molecular complexity index is 447. The van der Waals surface area contributed by atoms with E-state index in [4.69, 9.17) is 0 Å². The quantitative estimate of drug-likeness (QED) is 0.808. The van der Waals surface area contributed by atoms with E-state index < -0.39 is 0 Å². The number of hydrogen-bond donors (Lipinski definition) is 2. The SMILES string of the molecule is CCCC(C)NCc1ccc2cn[nH]c2c1. The molecule has 0 fully saturated rings. The van der Waals surface area contributed by atoms with Gasteiger partial charge in [-0.3, -0.25) is 5.10 Å². The maximum atomic E-state index is 4.02. The Labute approximate surface area is 96.2 Å². The lowest BCUT2D eigenvalue weighted by Gasteiger charge is -2.12. The van der Waals surface area contributed by atoms with Gasteiger partial charge in [0.2, 0.25) is 0 Å². The first kappa shape index (κ1) is 11.1. The summed E-state index contributed by atoms with van der Waals surface area (Å²) in [6.07, 6.45) is 4.31. The Kier molecular flexibility index (Phi) is 3.57. The lowest BCUT2D eigenvalue weighted by Crippen LogP contribution is -2.24. The molecule has 0 aliphatic carbocycles. The molecule has 1 heterocycles. The van der Waals surface area contributed by atoms with Crippen LogP contribution in [0.3, 0.4) is 0 Å². The second kappa shape index (κ2) is 5.12. The summed E-state index contributed by atoms with van der Waals surface area (Å²) in [5.74, 6) is 0. The summed E-state index contributed by atoms with van der Waals surface area (Å²) in [6, 6.07) is 7.01. The van der Waals surface area contributed by atoms with Crippen molar-refractivity contribution in [3.8, 4) is 0 Å². The summed E-state index contributed by atoms with van der Waals surface area (Å²) >= 11 is 0. The minimum atomic E-state index is 0.586. The average Bonchev–Trinajstić information content (AvgIpc) is 2.74. The Hall–Kier alpha value is -1.35. The third-order valence-electron chi connectivity index (χ3n) is 2.88. The summed E-state index contributed by atoms with van der Waals surface area (Å²) in [5, 5.41) is 11.7. The number of aromatic amines is 1. The van der Waals surface area contributed by atoms with Gasteiger partial charge in [0.05, 0.1) is 11.7 Å². The number of fused-ring (bicyclic) bond motifs is 1. The number of H-pyrrole nitrogens is 1. The zero-order chi connectivity index (χ0) is 11.4. The highest BCUT2D eigenvalue weighted by Gasteiger charge is 2.01. The van der Waals surface area contributed by atoms with Gasteiger partial charge < -0.3 is 5.32 Å². The molecule has 1 unspecified atom stereocenters. The first-order valence-electron chi connectivity index (χ1n) is 5.95. The largest absolute Gasteiger partial charge is 0.310 e. The first-order chi connectivity index (χ1) is 7.79. The van der Waals surface area contributed by atoms with E-state index in [2.05, 4.69) is 47.6 Å². The van der Waals surface area contributed by atoms with Gasteiger partial charge in [-0.05, 0) is 25.0 Å². The van der Waals surface area contributed by atoms with Gasteiger partial charge in [-0.25, -0.2) is 0 Å². The molecular formula is C13H19N3. The van der Waals surface area contributed by atoms with Crippen LogP contribution in [0.4, 0.5) is 0 Å². The minimum absolute atomic E-state index is 0.586. The van der Waals surface area contributed by atoms with Crippen molar-refractivity contribution < 1.29 is 0 Å². The fraction of sp³-hybridized carbons (Fsp3) is 0.462. The van der Waals surface area contributed by atoms with E-state index in [1.807, 2.05) is 6.20 Å². The zero-order valence-corrected chi connectivity index (χ0v) is 9.96. The highest BCUT2D eigenvalue weighted by atomic mass is 15.1. The van der Waals surface area contributed by atoms with Crippen LogP contribution in [-0.2, 0) is 6.54 Å². The van der Waals surface area contributed by atoms with E-state index in [1.54, 1.807) is 0 Å². The molecule has 0 bridgehead atoms. The van der Waals surface area contributed by atoms with Crippen molar-refractivity contribution in [3.05, 3.63) is 30.0 Å². The fourth-order valence-electron chi connectivity index (χ4n) is 1.92. The number of hydrogen-bond acceptors (Lipinski definition) is 2. The van der Waals surface area contributed by atoms with Crippen LogP contribution in [0.15, 0.2) is 24.4 Å². The van der Waals surface area contributed by atoms with Crippen LogP contribution in [0.2, 0.25) is 0 Å². The smallest absolute Gasteiger partial charge is 0.0653 e. The van der Waals surface area contributed by atoms with Crippen LogP contribution < -0.4 is 5.32 Å². The summed E-state index contributed by atoms with van der Waals surface area (Å²) < 4.78 is 0. The topological polar surface area (TPSA) is 40.7 Å². The first-order valence-corrected chi connectivity index (χ1v) is 5.95. The molecular weight excluding hydrogens is 198 g/mol. The molecule has 0 saturated carbocycles. The van der Waals surface area contributed by atoms with Gasteiger partial charge >= 0.3 is 0 Å². The van der Waals surface area contributed by atoms with E-state index in [9.17, 15) is 0 Å². The molecule has 2 aromatic rings. The summed E-state index contributed by atoms with van der Waals surface area (Å²) in [6.45, 7) is 5.38. The summed E-state index contributed by atoms with van der Waals surface area (Å²) in [4.78, 5) is 0. The zero-order valence-electron chi connectivity index (χ0n) is 9.96. The second-order valence-electron chi connectivity index (χ2n) is 4.36. The van der Waals surface area contributed by atoms with Gasteiger partial charge in [-0.2, -0.15) is 5.10 Å². The van der Waals surface area contributed by atoms with Crippen LogP contribution in [0.1, 0.15) is 32.3 Å². The molecule has 2 rings (SSSR count). The van der Waals surface area contributed by atoms with E-state index in [1.165, 1.54) is 23.8 Å². The number of rotatable bonds is 5. The molecule has 2 N–H and O–H groups in total. The molecule has 86 valence electrons. The summed E-state index contributed by atoms with van der Waals surface area (Å²) in [7, 11) is 0. The van der Waals surface area contributed by atoms with E-state index in [-0.39, 0.29) is 0 Å². The van der Waals surface area contributed by atoms with Crippen molar-refractivity contribution in [1.29, 1.82) is 0 Å². The Balaban J connectivity index is 1.98. The number of nitrogens with zero attached hydrogens (tertiary/aromatic N) is 1. The van der Waals surface area contributed by atoms with Crippen LogP contribution in [0.25, 0.3) is 10.9 Å². The molecule has 0 amide bonds. The molecule has 0 aliphatic heterocycles. The van der Waals surface area contributed by atoms with Gasteiger partial charge in [0.15, 0.2) is 0 Å². The standard InChI is InChI=1S/C13H19N3/c1-3-4-10(2)14-8-11-5-6-12-9-15-16-13(12)7-11/h5-7,9-10,14H,3-4,8H2,1-2H3,(H,15,16). The van der Waals surface area contributed by atoms with Crippen LogP contribution in [-0.4, -0.2) is 16.2 Å². The lowest BCUT2D eigenvalue weighted by molar-refractivity contribution is 0.508. The lowest BCUT2D eigenvalue weighted by atomic mass is 10.1. The molecule has 1 atom stereocenters. The third kappa shape index (κ3) is 2.61. The molecule has 3 nitrogen and oxygen atoms in total. The van der Waals surface area contributed by atoms with Crippen LogP contribution >= 0.6 is 0 Å². The molecule has 3 heteroatoms. The number of nitrogens with one attached hydrogen (secondary N) is 2. The Morgan fingerprint density at radius 2 is 2.31 bits per heavy atom. The minimum Gasteiger partial charge on any atom is -0.310 e. The maximum Gasteiger partial charge on any atom is 0.0653 e. The Morgan fingerprint density at radius 1 is 1.44 bits per heavy atom. The highest BCUT2D eigenvalue weighted by molar-refractivity contribution is 5.78. The van der Waals surface area contributed by atoms with Crippen molar-refractivity contribution in [1.82, 2.24) is 15.5 Å². The average molecular weight is 217 g/mol. The van der Waals surface area contributed by atoms with Gasteiger partial charge in [-0.1, -0.05) is 25.5 Å². The van der Waals surface area contributed by atoms with Gasteiger partial charge in [0, 0.05) is 18.0 Å². The van der Waals surface area contributed by atoms with Gasteiger partial charge in [0.25, 0.3) is 0 Å². The molecule has 1 aromatic carbocycles. The molecule has 0 spiro atoms. The molecule has 0 aliphatic rings. The fourth-order valence-corrected chi connectivity index (χ4v) is 1.92. The van der Waals surface area contributed by atoms with Crippen molar-refractivity contribution >= 4 is 10.9 Å². The summed E-state index contributed by atoms with van der Waals surface area (Å²) in [5.41, 5.74) is 2.42. The molecule has 1 aromatic heterocycles. The van der Waals surface area contributed by atoms with Gasteiger partial charge in [-0.15, -0.1) is 0 Å². The normalized spacial score (nSPS) is 13.1. The Morgan fingerprint density at radius 3 is 3.12 bits per heavy atom. The van der Waals surface area contributed by atoms with Crippen molar-refractivity contribution in [3.63, 3.8) is 0 Å². The van der Waals surface area contributed by atoms with Crippen molar-refractivity contribution in [2.75, 3.05) is 0 Å². The number of aromatic nitrogens is 2. The molecule has 0 saturated heterocycles. The van der Waals surface area contributed by atoms with Crippen molar-refractivity contribution in [2.45, 2.75) is 39.3 Å². The predicted molar refractivity (Wildman–Crippen MR) is 67.3 cm³/mol.